The third-order valence-corrected chi connectivity index (χ3v) is 5.47. The average molecular weight is 453 g/mol. The van der Waals surface area contributed by atoms with E-state index >= 15 is 0 Å². The number of halogens is 4. The zero-order valence-electron chi connectivity index (χ0n) is 10.2. The molecule has 0 saturated carbocycles. The molecule has 0 spiro atoms. The molecule has 21 heavy (non-hydrogen) atoms. The van der Waals surface area contributed by atoms with Crippen molar-refractivity contribution < 1.29 is 8.91 Å². The number of hydrogen-bond donors (Lipinski definition) is 1. The molecule has 0 bridgehead atoms. The van der Waals surface area contributed by atoms with Gasteiger partial charge >= 0.3 is 0 Å². The van der Waals surface area contributed by atoms with Crippen LogP contribution >= 0.6 is 54.8 Å². The largest absolute Gasteiger partial charge is 0.380 e. The molecule has 3 rings (SSSR count). The van der Waals surface area contributed by atoms with E-state index in [9.17, 15) is 4.39 Å². The first-order chi connectivity index (χ1) is 9.97. The molecule has 2 aromatic heterocycles. The predicted octanol–water partition coefficient (Wildman–Crippen LogP) is 5.97. The van der Waals surface area contributed by atoms with Gasteiger partial charge in [-0.2, -0.15) is 0 Å². The molecule has 0 unspecified atom stereocenters. The lowest BCUT2D eigenvalue weighted by molar-refractivity contribution is 0.436. The van der Waals surface area contributed by atoms with E-state index in [4.69, 9.17) is 21.9 Å². The molecule has 3 aromatic rings. The van der Waals surface area contributed by atoms with Gasteiger partial charge in [0.1, 0.15) is 5.82 Å². The Bertz CT molecular complexity index is 834. The fourth-order valence-electron chi connectivity index (χ4n) is 1.93. The summed E-state index contributed by atoms with van der Waals surface area (Å²) in [6, 6.07) is 5.98. The maximum absolute atomic E-state index is 13.2. The van der Waals surface area contributed by atoms with E-state index in [0.717, 1.165) is 13.1 Å². The molecule has 8 heteroatoms. The van der Waals surface area contributed by atoms with E-state index in [1.807, 2.05) is 6.07 Å². The first-order valence-corrected chi connectivity index (χ1v) is 8.41. The van der Waals surface area contributed by atoms with E-state index < -0.39 is 5.82 Å². The van der Waals surface area contributed by atoms with Crippen LogP contribution in [0.25, 0.3) is 22.5 Å². The molecule has 1 aromatic carbocycles. The van der Waals surface area contributed by atoms with Gasteiger partial charge in [-0.15, -0.1) is 11.3 Å². The highest BCUT2D eigenvalue weighted by Crippen LogP contribution is 2.45. The van der Waals surface area contributed by atoms with Gasteiger partial charge in [-0.3, -0.25) is 0 Å². The lowest BCUT2D eigenvalue weighted by atomic mass is 10.0. The molecular weight excluding hydrogens is 446 g/mol. The Morgan fingerprint density at radius 2 is 2.00 bits per heavy atom. The van der Waals surface area contributed by atoms with Crippen LogP contribution in [0.3, 0.4) is 0 Å². The molecule has 0 amide bonds. The third kappa shape index (κ3) is 2.75. The molecule has 3 nitrogen and oxygen atoms in total. The predicted molar refractivity (Wildman–Crippen MR) is 90.0 cm³/mol. The Kier molecular flexibility index (Phi) is 4.09. The van der Waals surface area contributed by atoms with Gasteiger partial charge in [0.05, 0.1) is 18.2 Å². The van der Waals surface area contributed by atoms with Crippen molar-refractivity contribution in [2.24, 2.45) is 0 Å². The van der Waals surface area contributed by atoms with Crippen LogP contribution in [0.4, 0.5) is 10.2 Å². The summed E-state index contributed by atoms with van der Waals surface area (Å²) in [6.45, 7) is 0. The molecule has 108 valence electrons. The third-order valence-electron chi connectivity index (χ3n) is 2.82. The molecular formula is C13H6Br2ClFN2OS. The van der Waals surface area contributed by atoms with Crippen LogP contribution in [0.5, 0.6) is 0 Å². The average Bonchev–Trinajstić information content (AvgIpc) is 2.93. The van der Waals surface area contributed by atoms with Gasteiger partial charge in [0.25, 0.3) is 0 Å². The van der Waals surface area contributed by atoms with Crippen LogP contribution in [0.2, 0.25) is 5.02 Å². The summed E-state index contributed by atoms with van der Waals surface area (Å²) in [5.74, 6) is 0.266. The minimum atomic E-state index is -0.417. The molecule has 0 atom stereocenters. The summed E-state index contributed by atoms with van der Waals surface area (Å²) in [5.41, 5.74) is 7.81. The number of aromatic nitrogens is 1. The van der Waals surface area contributed by atoms with Crippen molar-refractivity contribution in [2.75, 3.05) is 5.73 Å². The number of nitrogens with zero attached hydrogens (tertiary/aromatic N) is 1. The Hall–Kier alpha value is -0.890. The van der Waals surface area contributed by atoms with Crippen molar-refractivity contribution >= 4 is 60.6 Å². The van der Waals surface area contributed by atoms with Crippen molar-refractivity contribution in [3.05, 3.63) is 42.7 Å². The fourth-order valence-corrected chi connectivity index (χ4v) is 4.99. The Morgan fingerprint density at radius 1 is 1.24 bits per heavy atom. The highest BCUT2D eigenvalue weighted by atomic mass is 79.9. The monoisotopic (exact) mass is 450 g/mol. The number of nitrogens with two attached hydrogens (primary N) is 1. The summed E-state index contributed by atoms with van der Waals surface area (Å²) >= 11 is 14.5. The molecule has 0 aliphatic rings. The van der Waals surface area contributed by atoms with Gasteiger partial charge in [-0.05, 0) is 56.1 Å². The summed E-state index contributed by atoms with van der Waals surface area (Å²) in [5, 5.41) is 4.05. The Balaban J connectivity index is 2.24. The van der Waals surface area contributed by atoms with Crippen LogP contribution < -0.4 is 5.73 Å². The summed E-state index contributed by atoms with van der Waals surface area (Å²) in [6.07, 6.45) is 0. The minimum Gasteiger partial charge on any atom is -0.380 e. The highest BCUT2D eigenvalue weighted by Gasteiger charge is 2.23. The number of rotatable bonds is 2. The van der Waals surface area contributed by atoms with Gasteiger partial charge in [-0.1, -0.05) is 16.8 Å². The highest BCUT2D eigenvalue weighted by molar-refractivity contribution is 9.12. The van der Waals surface area contributed by atoms with Gasteiger partial charge < -0.3 is 10.3 Å². The van der Waals surface area contributed by atoms with E-state index in [0.29, 0.717) is 16.9 Å². The second-order valence-corrected chi connectivity index (χ2v) is 8.29. The summed E-state index contributed by atoms with van der Waals surface area (Å²) < 4.78 is 20.3. The van der Waals surface area contributed by atoms with Crippen molar-refractivity contribution in [1.82, 2.24) is 5.16 Å². The zero-order valence-corrected chi connectivity index (χ0v) is 14.9. The summed E-state index contributed by atoms with van der Waals surface area (Å²) in [4.78, 5) is 0. The fraction of sp³-hybridized carbons (Fsp3) is 0. The molecule has 0 fully saturated rings. The van der Waals surface area contributed by atoms with Crippen LogP contribution in [-0.2, 0) is 0 Å². The van der Waals surface area contributed by atoms with Gasteiger partial charge in [0, 0.05) is 11.1 Å². The summed E-state index contributed by atoms with van der Waals surface area (Å²) in [7, 11) is 0. The number of thiophene rings is 1. The Labute approximate surface area is 145 Å². The standard InChI is InChI=1S/C13H6Br2ClFN2OS/c14-9-4-7(12(15)21-9)11-10(13(18)19-20-11)6-2-1-5(17)3-8(6)16/h1-4H,(H2,18,19). The first kappa shape index (κ1) is 15.0. The van der Waals surface area contributed by atoms with E-state index in [1.165, 1.54) is 23.5 Å². The number of hydrogen-bond acceptors (Lipinski definition) is 4. The van der Waals surface area contributed by atoms with Crippen LogP contribution in [0, 0.1) is 5.82 Å². The van der Waals surface area contributed by atoms with Crippen LogP contribution in [-0.4, -0.2) is 5.16 Å². The molecule has 0 aliphatic heterocycles. The maximum Gasteiger partial charge on any atom is 0.179 e. The maximum atomic E-state index is 13.2. The van der Waals surface area contributed by atoms with Gasteiger partial charge in [0.15, 0.2) is 11.6 Å². The smallest absolute Gasteiger partial charge is 0.179 e. The second-order valence-electron chi connectivity index (χ2n) is 4.13. The van der Waals surface area contributed by atoms with Crippen LogP contribution in [0.1, 0.15) is 0 Å². The number of nitrogen functional groups attached to an aromatic ring is 1. The quantitative estimate of drug-likeness (QED) is 0.521. The Morgan fingerprint density at radius 3 is 2.62 bits per heavy atom. The normalized spacial score (nSPS) is 11.0. The van der Waals surface area contributed by atoms with Crippen molar-refractivity contribution in [1.29, 1.82) is 0 Å². The van der Waals surface area contributed by atoms with E-state index in [1.54, 1.807) is 6.07 Å². The first-order valence-electron chi connectivity index (χ1n) is 5.63. The topological polar surface area (TPSA) is 52.0 Å². The second kappa shape index (κ2) is 5.72. The zero-order chi connectivity index (χ0) is 15.1. The lowest BCUT2D eigenvalue weighted by Crippen LogP contribution is -1.90. The number of anilines is 1. The molecule has 0 saturated heterocycles. The van der Waals surface area contributed by atoms with Gasteiger partial charge in [-0.25, -0.2) is 4.39 Å². The number of benzene rings is 1. The van der Waals surface area contributed by atoms with Crippen molar-refractivity contribution in [3.63, 3.8) is 0 Å². The van der Waals surface area contributed by atoms with E-state index in [-0.39, 0.29) is 10.8 Å². The SMILES string of the molecule is Nc1noc(-c2cc(Br)sc2Br)c1-c1ccc(F)cc1Cl. The van der Waals surface area contributed by atoms with E-state index in [2.05, 4.69) is 37.0 Å². The van der Waals surface area contributed by atoms with Crippen molar-refractivity contribution in [2.45, 2.75) is 0 Å². The molecule has 0 aliphatic carbocycles. The van der Waals surface area contributed by atoms with Crippen LogP contribution in [0.15, 0.2) is 36.4 Å². The van der Waals surface area contributed by atoms with Crippen molar-refractivity contribution in [3.8, 4) is 22.5 Å². The molecule has 2 N–H and O–H groups in total. The lowest BCUT2D eigenvalue weighted by Gasteiger charge is -2.04. The minimum absolute atomic E-state index is 0.202. The van der Waals surface area contributed by atoms with Gasteiger partial charge in [0.2, 0.25) is 0 Å². The molecule has 2 heterocycles. The molecule has 0 radical (unpaired) electrons.